The smallest absolute Gasteiger partial charge is 0.221 e. The van der Waals surface area contributed by atoms with Crippen LogP contribution in [-0.2, 0) is 4.79 Å². The summed E-state index contributed by atoms with van der Waals surface area (Å²) in [6, 6.07) is 0.167. The van der Waals surface area contributed by atoms with E-state index in [1.165, 1.54) is 0 Å². The average molecular weight is 187 g/mol. The molecule has 0 aliphatic carbocycles. The summed E-state index contributed by atoms with van der Waals surface area (Å²) in [6.07, 6.45) is 1.57. The van der Waals surface area contributed by atoms with E-state index in [0.717, 1.165) is 13.0 Å². The summed E-state index contributed by atoms with van der Waals surface area (Å²) >= 11 is 0. The number of rotatable bonds is 6. The molecule has 78 valence electrons. The number of likely N-dealkylation sites (N-methyl/N-ethyl adjacent to an activating group) is 1. The Kier molecular flexibility index (Phi) is 6.54. The minimum absolute atomic E-state index is 0.0541. The van der Waals surface area contributed by atoms with Crippen molar-refractivity contribution in [3.8, 4) is 0 Å². The van der Waals surface area contributed by atoms with Crippen LogP contribution in [0.3, 0.4) is 0 Å². The van der Waals surface area contributed by atoms with Gasteiger partial charge in [-0.1, -0.05) is 6.92 Å². The van der Waals surface area contributed by atoms with Gasteiger partial charge in [-0.3, -0.25) is 4.79 Å². The fourth-order valence-electron chi connectivity index (χ4n) is 1.27. The first-order chi connectivity index (χ1) is 6.15. The first-order valence-electron chi connectivity index (χ1n) is 4.76. The monoisotopic (exact) mass is 187 g/mol. The molecule has 1 atom stereocenters. The molecule has 0 aromatic carbocycles. The van der Waals surface area contributed by atoms with Gasteiger partial charge in [-0.2, -0.15) is 0 Å². The maximum absolute atomic E-state index is 11.1. The van der Waals surface area contributed by atoms with Gasteiger partial charge in [-0.05, 0) is 20.0 Å². The normalized spacial score (nSPS) is 13.0. The van der Waals surface area contributed by atoms with Crippen molar-refractivity contribution in [1.82, 2.24) is 10.2 Å². The van der Waals surface area contributed by atoms with Gasteiger partial charge in [0.1, 0.15) is 0 Å². The maximum Gasteiger partial charge on any atom is 0.221 e. The number of amides is 1. The highest BCUT2D eigenvalue weighted by Crippen LogP contribution is 2.00. The Labute approximate surface area is 80.5 Å². The van der Waals surface area contributed by atoms with E-state index in [1.807, 2.05) is 7.05 Å². The van der Waals surface area contributed by atoms with Gasteiger partial charge in [-0.15, -0.1) is 0 Å². The highest BCUT2D eigenvalue weighted by atomic mass is 16.1. The van der Waals surface area contributed by atoms with Crippen LogP contribution < -0.4 is 11.1 Å². The lowest BCUT2D eigenvalue weighted by molar-refractivity contribution is -0.121. The van der Waals surface area contributed by atoms with Crippen LogP contribution in [0.1, 0.15) is 19.8 Å². The maximum atomic E-state index is 11.1. The van der Waals surface area contributed by atoms with Crippen LogP contribution in [0.15, 0.2) is 0 Å². The van der Waals surface area contributed by atoms with Crippen LogP contribution in [0.4, 0.5) is 0 Å². The molecule has 0 radical (unpaired) electrons. The Hall–Kier alpha value is -0.610. The van der Waals surface area contributed by atoms with Crippen molar-refractivity contribution < 1.29 is 4.79 Å². The lowest BCUT2D eigenvalue weighted by Crippen LogP contribution is -2.41. The van der Waals surface area contributed by atoms with Gasteiger partial charge in [-0.25, -0.2) is 0 Å². The van der Waals surface area contributed by atoms with Crippen LogP contribution in [0.25, 0.3) is 0 Å². The summed E-state index contributed by atoms with van der Waals surface area (Å²) in [7, 11) is 3.65. The Bertz CT molecular complexity index is 150. The molecule has 0 saturated heterocycles. The Morgan fingerprint density at radius 2 is 2.23 bits per heavy atom. The molecule has 0 rings (SSSR count). The molecule has 0 spiro atoms. The molecular formula is C9H21N3O. The van der Waals surface area contributed by atoms with E-state index in [9.17, 15) is 4.79 Å². The predicted molar refractivity (Wildman–Crippen MR) is 54.4 cm³/mol. The first-order valence-corrected chi connectivity index (χ1v) is 4.76. The third-order valence-electron chi connectivity index (χ3n) is 2.17. The number of carbonyl (C=O) groups excluding carboxylic acids is 1. The van der Waals surface area contributed by atoms with Crippen molar-refractivity contribution in [1.29, 1.82) is 0 Å². The summed E-state index contributed by atoms with van der Waals surface area (Å²) in [5.41, 5.74) is 5.59. The number of carbonyl (C=O) groups is 1. The molecule has 0 aromatic rings. The zero-order valence-electron chi connectivity index (χ0n) is 8.84. The largest absolute Gasteiger partial charge is 0.359 e. The molecule has 1 amide bonds. The fraction of sp³-hybridized carbons (Fsp3) is 0.889. The van der Waals surface area contributed by atoms with Crippen molar-refractivity contribution in [3.63, 3.8) is 0 Å². The van der Waals surface area contributed by atoms with E-state index in [0.29, 0.717) is 13.0 Å². The lowest BCUT2D eigenvalue weighted by Gasteiger charge is -2.25. The molecule has 0 heterocycles. The molecule has 0 bridgehead atoms. The second kappa shape index (κ2) is 6.86. The van der Waals surface area contributed by atoms with Crippen molar-refractivity contribution in [2.45, 2.75) is 25.8 Å². The molecule has 3 N–H and O–H groups in total. The van der Waals surface area contributed by atoms with Gasteiger partial charge in [0, 0.05) is 26.1 Å². The molecular weight excluding hydrogens is 166 g/mol. The minimum atomic E-state index is 0.0541. The second-order valence-corrected chi connectivity index (χ2v) is 3.25. The third-order valence-corrected chi connectivity index (χ3v) is 2.17. The average Bonchev–Trinajstić information content (AvgIpc) is 2.14. The molecule has 4 heteroatoms. The molecule has 1 unspecified atom stereocenters. The molecule has 0 saturated carbocycles. The summed E-state index contributed by atoms with van der Waals surface area (Å²) in [5, 5.41) is 2.61. The number of hydrogen-bond donors (Lipinski definition) is 2. The van der Waals surface area contributed by atoms with E-state index in [-0.39, 0.29) is 11.9 Å². The van der Waals surface area contributed by atoms with Gasteiger partial charge in [0.15, 0.2) is 0 Å². The summed E-state index contributed by atoms with van der Waals surface area (Å²) in [4.78, 5) is 13.2. The molecule has 0 aromatic heterocycles. The molecule has 4 nitrogen and oxygen atoms in total. The molecule has 0 aliphatic rings. The number of hydrogen-bond acceptors (Lipinski definition) is 3. The Morgan fingerprint density at radius 1 is 1.62 bits per heavy atom. The van der Waals surface area contributed by atoms with Gasteiger partial charge in [0.05, 0.1) is 0 Å². The topological polar surface area (TPSA) is 58.4 Å². The highest BCUT2D eigenvalue weighted by Gasteiger charge is 2.15. The number of nitrogens with one attached hydrogen (secondary N) is 1. The molecule has 13 heavy (non-hydrogen) atoms. The van der Waals surface area contributed by atoms with E-state index in [1.54, 1.807) is 7.05 Å². The van der Waals surface area contributed by atoms with E-state index >= 15 is 0 Å². The number of nitrogens with two attached hydrogens (primary N) is 1. The SMILES string of the molecule is CCCN(C)C(CN)CC(=O)NC. The van der Waals surface area contributed by atoms with Crippen LogP contribution in [-0.4, -0.2) is 44.0 Å². The van der Waals surface area contributed by atoms with Crippen LogP contribution in [0.5, 0.6) is 0 Å². The summed E-state index contributed by atoms with van der Waals surface area (Å²) in [6.45, 7) is 3.63. The number of nitrogens with zero attached hydrogens (tertiary/aromatic N) is 1. The highest BCUT2D eigenvalue weighted by molar-refractivity contribution is 5.76. The van der Waals surface area contributed by atoms with Crippen molar-refractivity contribution >= 4 is 5.91 Å². The quantitative estimate of drug-likeness (QED) is 0.605. The van der Waals surface area contributed by atoms with Crippen molar-refractivity contribution in [2.24, 2.45) is 5.73 Å². The minimum Gasteiger partial charge on any atom is -0.359 e. The zero-order valence-corrected chi connectivity index (χ0v) is 8.84. The van der Waals surface area contributed by atoms with Gasteiger partial charge >= 0.3 is 0 Å². The van der Waals surface area contributed by atoms with Gasteiger partial charge in [0.25, 0.3) is 0 Å². The first kappa shape index (κ1) is 12.4. The van der Waals surface area contributed by atoms with Gasteiger partial charge in [0.2, 0.25) is 5.91 Å². The van der Waals surface area contributed by atoms with Crippen LogP contribution in [0.2, 0.25) is 0 Å². The van der Waals surface area contributed by atoms with Crippen LogP contribution in [0, 0.1) is 0 Å². The van der Waals surface area contributed by atoms with Crippen molar-refractivity contribution in [2.75, 3.05) is 27.2 Å². The summed E-state index contributed by atoms with van der Waals surface area (Å²) < 4.78 is 0. The predicted octanol–water partition coefficient (Wildman–Crippen LogP) is -0.208. The van der Waals surface area contributed by atoms with E-state index in [2.05, 4.69) is 17.1 Å². The van der Waals surface area contributed by atoms with Crippen LogP contribution >= 0.6 is 0 Å². The summed E-state index contributed by atoms with van der Waals surface area (Å²) in [5.74, 6) is 0.0541. The van der Waals surface area contributed by atoms with E-state index < -0.39 is 0 Å². The third kappa shape index (κ3) is 4.85. The lowest BCUT2D eigenvalue weighted by atomic mass is 10.1. The molecule has 0 aliphatic heterocycles. The standard InChI is InChI=1S/C9H21N3O/c1-4-5-12(3)8(7-10)6-9(13)11-2/h8H,4-7,10H2,1-3H3,(H,11,13). The van der Waals surface area contributed by atoms with E-state index in [4.69, 9.17) is 5.73 Å². The second-order valence-electron chi connectivity index (χ2n) is 3.25. The molecule has 0 fully saturated rings. The Morgan fingerprint density at radius 3 is 2.62 bits per heavy atom. The van der Waals surface area contributed by atoms with Gasteiger partial charge < -0.3 is 16.0 Å². The zero-order chi connectivity index (χ0) is 10.3. The van der Waals surface area contributed by atoms with Crippen molar-refractivity contribution in [3.05, 3.63) is 0 Å². The fourth-order valence-corrected chi connectivity index (χ4v) is 1.27. The Balaban J connectivity index is 3.93.